The Morgan fingerprint density at radius 2 is 2.14 bits per heavy atom. The fourth-order valence-corrected chi connectivity index (χ4v) is 2.13. The predicted octanol–water partition coefficient (Wildman–Crippen LogP) is 3.22. The van der Waals surface area contributed by atoms with E-state index in [4.69, 9.17) is 4.74 Å². The summed E-state index contributed by atoms with van der Waals surface area (Å²) in [5.74, 6) is 0.443. The molecule has 2 aromatic rings. The van der Waals surface area contributed by atoms with Crippen LogP contribution in [0.2, 0.25) is 0 Å². The first kappa shape index (κ1) is 16.0. The Morgan fingerprint density at radius 3 is 2.86 bits per heavy atom. The number of carbonyl (C=O) groups excluding carboxylic acids is 1. The molecule has 2 rings (SSSR count). The number of rotatable bonds is 5. The van der Waals surface area contributed by atoms with Gasteiger partial charge in [-0.05, 0) is 46.3 Å². The summed E-state index contributed by atoms with van der Waals surface area (Å²) in [6, 6.07) is 12.1. The van der Waals surface area contributed by atoms with E-state index in [1.165, 1.54) is 12.3 Å². The maximum absolute atomic E-state index is 11.8. The lowest BCUT2D eigenvalue weighted by molar-refractivity contribution is -0.114. The molecule has 0 aliphatic heterocycles. The summed E-state index contributed by atoms with van der Waals surface area (Å²) in [7, 11) is 1.54. The highest BCUT2D eigenvalue weighted by atomic mass is 79.9. The lowest BCUT2D eigenvalue weighted by atomic mass is 10.2. The molecule has 1 amide bonds. The van der Waals surface area contributed by atoms with Crippen molar-refractivity contribution >= 4 is 33.7 Å². The Balaban J connectivity index is 1.98. The number of carbonyl (C=O) groups is 1. The number of nitrogens with one attached hydrogen (secondary N) is 1. The topological polar surface area (TPSA) is 70.9 Å². The van der Waals surface area contributed by atoms with Crippen LogP contribution in [0.3, 0.4) is 0 Å². The van der Waals surface area contributed by atoms with Crippen molar-refractivity contribution in [3.8, 4) is 11.5 Å². The molecule has 0 saturated carbocycles. The summed E-state index contributed by atoms with van der Waals surface area (Å²) < 4.78 is 5.88. The lowest BCUT2D eigenvalue weighted by Gasteiger charge is -2.05. The van der Waals surface area contributed by atoms with Crippen LogP contribution in [0.15, 0.2) is 51.9 Å². The van der Waals surface area contributed by atoms with E-state index in [1.807, 2.05) is 18.2 Å². The number of aromatic hydroxyl groups is 1. The summed E-state index contributed by atoms with van der Waals surface area (Å²) >= 11 is 3.35. The minimum absolute atomic E-state index is 0.0437. The smallest absolute Gasteiger partial charge is 0.246 e. The zero-order valence-corrected chi connectivity index (χ0v) is 13.5. The first-order valence-electron chi connectivity index (χ1n) is 6.51. The molecule has 0 aliphatic carbocycles. The zero-order valence-electron chi connectivity index (χ0n) is 11.9. The molecule has 0 aromatic heterocycles. The van der Waals surface area contributed by atoms with E-state index in [1.54, 1.807) is 25.3 Å². The van der Waals surface area contributed by atoms with E-state index in [0.29, 0.717) is 17.0 Å². The molecule has 2 aromatic carbocycles. The summed E-state index contributed by atoms with van der Waals surface area (Å²) in [4.78, 5) is 15.9. The molecule has 0 radical (unpaired) electrons. The molecule has 0 atom stereocenters. The van der Waals surface area contributed by atoms with Crippen LogP contribution in [0.1, 0.15) is 5.56 Å². The van der Waals surface area contributed by atoms with Gasteiger partial charge in [0.15, 0.2) is 0 Å². The molecule has 0 bridgehead atoms. The standard InChI is InChI=1S/C16H15BrN2O3/c1-22-12-6-7-15(20)11(8-12)9-18-10-16(21)19-14-5-3-2-4-13(14)17/h2-9,20H,10H2,1H3,(H,19,21). The Bertz CT molecular complexity index is 702. The SMILES string of the molecule is COc1ccc(O)c(C=NCC(=O)Nc2ccccc2Br)c1. The van der Waals surface area contributed by atoms with E-state index in [0.717, 1.165) is 4.47 Å². The molecule has 0 aliphatic rings. The van der Waals surface area contributed by atoms with Gasteiger partial charge in [0.1, 0.15) is 18.0 Å². The van der Waals surface area contributed by atoms with Crippen molar-refractivity contribution in [2.24, 2.45) is 4.99 Å². The van der Waals surface area contributed by atoms with Crippen LogP contribution >= 0.6 is 15.9 Å². The number of para-hydroxylation sites is 1. The molecule has 0 fully saturated rings. The van der Waals surface area contributed by atoms with Gasteiger partial charge in [0.05, 0.1) is 12.8 Å². The van der Waals surface area contributed by atoms with Crippen molar-refractivity contribution in [3.63, 3.8) is 0 Å². The molecule has 114 valence electrons. The van der Waals surface area contributed by atoms with Gasteiger partial charge >= 0.3 is 0 Å². The second kappa shape index (κ2) is 7.61. The van der Waals surface area contributed by atoms with Gasteiger partial charge in [-0.1, -0.05) is 12.1 Å². The molecular weight excluding hydrogens is 348 g/mol. The summed E-state index contributed by atoms with van der Waals surface area (Å²) in [6.45, 7) is -0.0437. The maximum Gasteiger partial charge on any atom is 0.246 e. The molecule has 6 heteroatoms. The molecule has 2 N–H and O–H groups in total. The van der Waals surface area contributed by atoms with Crippen molar-refractivity contribution in [1.82, 2.24) is 0 Å². The molecule has 0 spiro atoms. The Labute approximate surface area is 136 Å². The third-order valence-electron chi connectivity index (χ3n) is 2.85. The van der Waals surface area contributed by atoms with Crippen molar-refractivity contribution in [3.05, 3.63) is 52.5 Å². The number of amides is 1. The molecular formula is C16H15BrN2O3. The van der Waals surface area contributed by atoms with Crippen molar-refractivity contribution in [2.75, 3.05) is 19.0 Å². The highest BCUT2D eigenvalue weighted by molar-refractivity contribution is 9.10. The van der Waals surface area contributed by atoms with Gasteiger partial charge in [0.2, 0.25) is 5.91 Å². The van der Waals surface area contributed by atoms with E-state index in [2.05, 4.69) is 26.2 Å². The number of halogens is 1. The van der Waals surface area contributed by atoms with E-state index in [9.17, 15) is 9.90 Å². The predicted molar refractivity (Wildman–Crippen MR) is 89.9 cm³/mol. The number of anilines is 1. The minimum Gasteiger partial charge on any atom is -0.507 e. The summed E-state index contributed by atoms with van der Waals surface area (Å²) in [5.41, 5.74) is 1.18. The van der Waals surface area contributed by atoms with Crippen molar-refractivity contribution < 1.29 is 14.6 Å². The van der Waals surface area contributed by atoms with Crippen molar-refractivity contribution in [1.29, 1.82) is 0 Å². The number of benzene rings is 2. The Kier molecular flexibility index (Phi) is 5.55. The first-order valence-corrected chi connectivity index (χ1v) is 7.30. The van der Waals surface area contributed by atoms with Crippen LogP contribution in [-0.4, -0.2) is 30.9 Å². The number of phenols is 1. The molecule has 0 unspecified atom stereocenters. The van der Waals surface area contributed by atoms with Gasteiger partial charge in [-0.25, -0.2) is 0 Å². The second-order valence-corrected chi connectivity index (χ2v) is 5.28. The number of hydrogen-bond donors (Lipinski definition) is 2. The van der Waals surface area contributed by atoms with Crippen molar-refractivity contribution in [2.45, 2.75) is 0 Å². The van der Waals surface area contributed by atoms with Gasteiger partial charge in [-0.3, -0.25) is 9.79 Å². The average Bonchev–Trinajstić information content (AvgIpc) is 2.51. The van der Waals surface area contributed by atoms with Gasteiger partial charge in [0.25, 0.3) is 0 Å². The number of nitrogens with zero attached hydrogens (tertiary/aromatic N) is 1. The number of methoxy groups -OCH3 is 1. The third-order valence-corrected chi connectivity index (χ3v) is 3.54. The van der Waals surface area contributed by atoms with Gasteiger partial charge < -0.3 is 15.2 Å². The van der Waals surface area contributed by atoms with E-state index < -0.39 is 0 Å². The van der Waals surface area contributed by atoms with E-state index in [-0.39, 0.29) is 18.2 Å². The fraction of sp³-hybridized carbons (Fsp3) is 0.125. The quantitative estimate of drug-likeness (QED) is 0.802. The van der Waals surface area contributed by atoms with Crippen LogP contribution < -0.4 is 10.1 Å². The highest BCUT2D eigenvalue weighted by Crippen LogP contribution is 2.22. The van der Waals surface area contributed by atoms with Crippen LogP contribution in [0.4, 0.5) is 5.69 Å². The fourth-order valence-electron chi connectivity index (χ4n) is 1.74. The Hall–Kier alpha value is -2.34. The average molecular weight is 363 g/mol. The largest absolute Gasteiger partial charge is 0.507 e. The first-order chi connectivity index (χ1) is 10.6. The Morgan fingerprint density at radius 1 is 1.36 bits per heavy atom. The molecule has 0 saturated heterocycles. The second-order valence-electron chi connectivity index (χ2n) is 4.42. The number of hydrogen-bond acceptors (Lipinski definition) is 4. The molecule has 0 heterocycles. The van der Waals surface area contributed by atoms with Gasteiger partial charge in [-0.2, -0.15) is 0 Å². The van der Waals surface area contributed by atoms with Crippen LogP contribution in [-0.2, 0) is 4.79 Å². The number of ether oxygens (including phenoxy) is 1. The molecule has 5 nitrogen and oxygen atoms in total. The van der Waals surface area contributed by atoms with Crippen LogP contribution in [0.25, 0.3) is 0 Å². The number of phenolic OH excluding ortho intramolecular Hbond substituents is 1. The van der Waals surface area contributed by atoms with E-state index >= 15 is 0 Å². The third kappa shape index (κ3) is 4.33. The summed E-state index contributed by atoms with van der Waals surface area (Å²) in [6.07, 6.45) is 1.44. The number of aliphatic imine (C=N–C) groups is 1. The van der Waals surface area contributed by atoms with Crippen LogP contribution in [0, 0.1) is 0 Å². The molecule has 22 heavy (non-hydrogen) atoms. The lowest BCUT2D eigenvalue weighted by Crippen LogP contribution is -2.15. The normalized spacial score (nSPS) is 10.6. The maximum atomic E-state index is 11.8. The zero-order chi connectivity index (χ0) is 15.9. The van der Waals surface area contributed by atoms with Crippen LogP contribution in [0.5, 0.6) is 11.5 Å². The van der Waals surface area contributed by atoms with Gasteiger partial charge in [0, 0.05) is 16.3 Å². The highest BCUT2D eigenvalue weighted by Gasteiger charge is 2.04. The summed E-state index contributed by atoms with van der Waals surface area (Å²) in [5, 5.41) is 12.5. The minimum atomic E-state index is -0.245. The monoisotopic (exact) mass is 362 g/mol. The van der Waals surface area contributed by atoms with Gasteiger partial charge in [-0.15, -0.1) is 0 Å².